The fraction of sp³-hybridized carbons (Fsp3) is 0.632. The summed E-state index contributed by atoms with van der Waals surface area (Å²) in [4.78, 5) is 11.7. The second-order valence-electron chi connectivity index (χ2n) is 6.32. The van der Waals surface area contributed by atoms with Crippen molar-refractivity contribution < 1.29 is 19.4 Å². The summed E-state index contributed by atoms with van der Waals surface area (Å²) in [6.45, 7) is 4.84. The van der Waals surface area contributed by atoms with Crippen molar-refractivity contribution in [2.45, 2.75) is 58.8 Å². The van der Waals surface area contributed by atoms with Gasteiger partial charge in [-0.25, -0.2) is 0 Å². The van der Waals surface area contributed by atoms with E-state index in [9.17, 15) is 9.90 Å². The minimum Gasteiger partial charge on any atom is -0.504 e. The molecular weight excluding hydrogens is 292 g/mol. The maximum atomic E-state index is 11.7. The highest BCUT2D eigenvalue weighted by molar-refractivity contribution is 5.69. The van der Waals surface area contributed by atoms with E-state index >= 15 is 0 Å². The van der Waals surface area contributed by atoms with E-state index in [1.54, 1.807) is 18.2 Å². The summed E-state index contributed by atoms with van der Waals surface area (Å²) in [6.07, 6.45) is 6.83. The quantitative estimate of drug-likeness (QED) is 0.482. The number of benzene rings is 1. The van der Waals surface area contributed by atoms with Gasteiger partial charge in [0.25, 0.3) is 0 Å². The molecule has 0 unspecified atom stereocenters. The van der Waals surface area contributed by atoms with Crippen LogP contribution in [0.15, 0.2) is 18.2 Å². The molecule has 0 saturated heterocycles. The third kappa shape index (κ3) is 8.48. The second kappa shape index (κ2) is 10.9. The van der Waals surface area contributed by atoms with Crippen LogP contribution >= 0.6 is 0 Å². The number of rotatable bonds is 11. The van der Waals surface area contributed by atoms with E-state index in [1.807, 2.05) is 0 Å². The van der Waals surface area contributed by atoms with Crippen LogP contribution < -0.4 is 4.74 Å². The SMILES string of the molecule is COc1cc(CCOC(=O)CCCCCCC(C)C)ccc1O. The van der Waals surface area contributed by atoms with Gasteiger partial charge in [0.15, 0.2) is 11.5 Å². The molecule has 0 spiro atoms. The Kier molecular flexibility index (Phi) is 9.18. The van der Waals surface area contributed by atoms with Gasteiger partial charge in [0, 0.05) is 12.8 Å². The molecule has 1 N–H and O–H groups in total. The number of unbranched alkanes of at least 4 members (excludes halogenated alkanes) is 3. The third-order valence-corrected chi connectivity index (χ3v) is 3.81. The topological polar surface area (TPSA) is 55.8 Å². The zero-order valence-corrected chi connectivity index (χ0v) is 14.6. The van der Waals surface area contributed by atoms with Gasteiger partial charge in [-0.1, -0.05) is 45.6 Å². The number of hydrogen-bond donors (Lipinski definition) is 1. The number of phenols is 1. The number of hydrogen-bond acceptors (Lipinski definition) is 4. The summed E-state index contributed by atoms with van der Waals surface area (Å²) in [6, 6.07) is 5.16. The van der Waals surface area contributed by atoms with Crippen LogP contribution in [0.4, 0.5) is 0 Å². The average Bonchev–Trinajstić information content (AvgIpc) is 2.52. The van der Waals surface area contributed by atoms with Crippen LogP contribution in [-0.2, 0) is 16.0 Å². The first kappa shape index (κ1) is 19.3. The molecule has 1 aromatic carbocycles. The van der Waals surface area contributed by atoms with E-state index in [0.717, 1.165) is 24.3 Å². The molecule has 23 heavy (non-hydrogen) atoms. The lowest BCUT2D eigenvalue weighted by molar-refractivity contribution is -0.143. The van der Waals surface area contributed by atoms with Crippen LogP contribution in [0.1, 0.15) is 57.9 Å². The Bertz CT molecular complexity index is 468. The van der Waals surface area contributed by atoms with Gasteiger partial charge in [0.2, 0.25) is 0 Å². The smallest absolute Gasteiger partial charge is 0.305 e. The van der Waals surface area contributed by atoms with Crippen molar-refractivity contribution in [3.63, 3.8) is 0 Å². The summed E-state index contributed by atoms with van der Waals surface area (Å²) >= 11 is 0. The lowest BCUT2D eigenvalue weighted by Crippen LogP contribution is -2.07. The highest BCUT2D eigenvalue weighted by Gasteiger charge is 2.05. The average molecular weight is 322 g/mol. The van der Waals surface area contributed by atoms with Crippen LogP contribution in [0.3, 0.4) is 0 Å². The molecule has 0 aliphatic carbocycles. The normalized spacial score (nSPS) is 10.8. The van der Waals surface area contributed by atoms with Gasteiger partial charge in [-0.15, -0.1) is 0 Å². The predicted molar refractivity (Wildman–Crippen MR) is 91.9 cm³/mol. The summed E-state index contributed by atoms with van der Waals surface area (Å²) in [5, 5.41) is 9.53. The summed E-state index contributed by atoms with van der Waals surface area (Å²) < 4.78 is 10.3. The molecule has 0 aliphatic rings. The van der Waals surface area contributed by atoms with Crippen molar-refractivity contribution in [3.05, 3.63) is 23.8 Å². The van der Waals surface area contributed by atoms with Crippen molar-refractivity contribution in [2.75, 3.05) is 13.7 Å². The second-order valence-corrected chi connectivity index (χ2v) is 6.32. The molecule has 0 saturated carbocycles. The fourth-order valence-corrected chi connectivity index (χ4v) is 2.41. The Balaban J connectivity index is 2.12. The third-order valence-electron chi connectivity index (χ3n) is 3.81. The molecule has 0 heterocycles. The molecule has 1 aromatic rings. The zero-order valence-electron chi connectivity index (χ0n) is 14.6. The Morgan fingerprint density at radius 3 is 2.61 bits per heavy atom. The molecule has 0 amide bonds. The highest BCUT2D eigenvalue weighted by Crippen LogP contribution is 2.26. The number of phenolic OH excluding ortho intramolecular Hbond substituents is 1. The summed E-state index contributed by atoms with van der Waals surface area (Å²) in [5.74, 6) is 1.19. The number of methoxy groups -OCH3 is 1. The number of ether oxygens (including phenoxy) is 2. The summed E-state index contributed by atoms with van der Waals surface area (Å²) in [7, 11) is 1.51. The van der Waals surface area contributed by atoms with E-state index < -0.39 is 0 Å². The van der Waals surface area contributed by atoms with Crippen LogP contribution in [0.2, 0.25) is 0 Å². The number of esters is 1. The molecular formula is C19H30O4. The highest BCUT2D eigenvalue weighted by atomic mass is 16.5. The molecule has 0 bridgehead atoms. The van der Waals surface area contributed by atoms with Crippen molar-refractivity contribution >= 4 is 5.97 Å². The van der Waals surface area contributed by atoms with Crippen molar-refractivity contribution in [3.8, 4) is 11.5 Å². The fourth-order valence-electron chi connectivity index (χ4n) is 2.41. The standard InChI is InChI=1S/C19H30O4/c1-15(2)8-6-4-5-7-9-19(21)23-13-12-16-10-11-17(20)18(14-16)22-3/h10-11,14-15,20H,4-9,12-13H2,1-3H3. The molecule has 4 nitrogen and oxygen atoms in total. The Morgan fingerprint density at radius 2 is 1.91 bits per heavy atom. The molecule has 0 aliphatic heterocycles. The van der Waals surface area contributed by atoms with E-state index in [-0.39, 0.29) is 11.7 Å². The Labute approximate surface area is 139 Å². The number of carbonyl (C=O) groups is 1. The molecule has 0 fully saturated rings. The summed E-state index contributed by atoms with van der Waals surface area (Å²) in [5.41, 5.74) is 0.973. The first-order valence-corrected chi connectivity index (χ1v) is 8.54. The lowest BCUT2D eigenvalue weighted by atomic mass is 10.0. The Hall–Kier alpha value is -1.71. The molecule has 0 atom stereocenters. The van der Waals surface area contributed by atoms with Crippen LogP contribution in [0, 0.1) is 5.92 Å². The van der Waals surface area contributed by atoms with Crippen LogP contribution in [0.25, 0.3) is 0 Å². The maximum Gasteiger partial charge on any atom is 0.305 e. The monoisotopic (exact) mass is 322 g/mol. The minimum absolute atomic E-state index is 0.116. The van der Waals surface area contributed by atoms with Gasteiger partial charge in [0.05, 0.1) is 13.7 Å². The first-order chi connectivity index (χ1) is 11.0. The zero-order chi connectivity index (χ0) is 17.1. The van der Waals surface area contributed by atoms with Crippen molar-refractivity contribution in [1.29, 1.82) is 0 Å². The molecule has 130 valence electrons. The lowest BCUT2D eigenvalue weighted by Gasteiger charge is -2.08. The van der Waals surface area contributed by atoms with Gasteiger partial charge in [0.1, 0.15) is 0 Å². The largest absolute Gasteiger partial charge is 0.504 e. The van der Waals surface area contributed by atoms with Gasteiger partial charge in [-0.2, -0.15) is 0 Å². The van der Waals surface area contributed by atoms with Crippen LogP contribution in [-0.4, -0.2) is 24.8 Å². The van der Waals surface area contributed by atoms with E-state index in [4.69, 9.17) is 9.47 Å². The Morgan fingerprint density at radius 1 is 1.17 bits per heavy atom. The maximum absolute atomic E-state index is 11.7. The predicted octanol–water partition coefficient (Wildman–Crippen LogP) is 4.48. The molecule has 1 rings (SSSR count). The van der Waals surface area contributed by atoms with E-state index in [2.05, 4.69) is 13.8 Å². The van der Waals surface area contributed by atoms with E-state index in [0.29, 0.717) is 25.2 Å². The van der Waals surface area contributed by atoms with Gasteiger partial charge in [-0.3, -0.25) is 4.79 Å². The van der Waals surface area contributed by atoms with Gasteiger partial charge in [-0.05, 0) is 30.0 Å². The van der Waals surface area contributed by atoms with Gasteiger partial charge >= 0.3 is 5.97 Å². The van der Waals surface area contributed by atoms with Crippen LogP contribution in [0.5, 0.6) is 11.5 Å². The molecule has 4 heteroatoms. The van der Waals surface area contributed by atoms with E-state index in [1.165, 1.54) is 26.4 Å². The number of carbonyl (C=O) groups excluding carboxylic acids is 1. The van der Waals surface area contributed by atoms with Crippen molar-refractivity contribution in [1.82, 2.24) is 0 Å². The molecule has 0 radical (unpaired) electrons. The number of aromatic hydroxyl groups is 1. The first-order valence-electron chi connectivity index (χ1n) is 8.54. The molecule has 0 aromatic heterocycles. The van der Waals surface area contributed by atoms with Crippen molar-refractivity contribution in [2.24, 2.45) is 5.92 Å². The van der Waals surface area contributed by atoms with Gasteiger partial charge < -0.3 is 14.6 Å². The minimum atomic E-state index is -0.125.